The molecule has 2 rings (SSSR count). The highest BCUT2D eigenvalue weighted by Gasteiger charge is 2.33. The van der Waals surface area contributed by atoms with Crippen molar-refractivity contribution in [1.82, 2.24) is 0 Å². The summed E-state index contributed by atoms with van der Waals surface area (Å²) in [6, 6.07) is 7.42. The Balaban J connectivity index is 1.94. The van der Waals surface area contributed by atoms with Crippen LogP contribution in [0.25, 0.3) is 0 Å². The quantitative estimate of drug-likeness (QED) is 0.687. The summed E-state index contributed by atoms with van der Waals surface area (Å²) in [7, 11) is 1.59. The molecule has 116 valence electrons. The summed E-state index contributed by atoms with van der Waals surface area (Å²) in [6.45, 7) is 1.86. The molecule has 1 heterocycles. The average Bonchev–Trinajstić information content (AvgIpc) is 2.83. The molecule has 0 spiro atoms. The Morgan fingerprint density at radius 2 is 2.19 bits per heavy atom. The first-order chi connectivity index (χ1) is 10.1. The van der Waals surface area contributed by atoms with E-state index in [1.54, 1.807) is 7.11 Å². The van der Waals surface area contributed by atoms with Gasteiger partial charge in [-0.2, -0.15) is 0 Å². The molecule has 1 aliphatic heterocycles. The number of aliphatic hydroxyl groups excluding tert-OH is 1. The number of β-amino-alcohol motifs (C(OH)–C–C–N with tert-alkyl or cyclic N) is 1. The van der Waals surface area contributed by atoms with Gasteiger partial charge < -0.3 is 24.6 Å². The molecular formula is C15H21NO5. The molecule has 0 aromatic heterocycles. The summed E-state index contributed by atoms with van der Waals surface area (Å²) in [6.07, 6.45) is -0.664. The summed E-state index contributed by atoms with van der Waals surface area (Å²) < 4.78 is 10.2. The molecule has 1 aliphatic rings. The number of para-hydroxylation sites is 1. The normalized spacial score (nSPS) is 18.6. The summed E-state index contributed by atoms with van der Waals surface area (Å²) >= 11 is 0. The number of rotatable bonds is 8. The van der Waals surface area contributed by atoms with Crippen LogP contribution in [0, 0.1) is 0 Å². The zero-order valence-corrected chi connectivity index (χ0v) is 12.1. The molecule has 21 heavy (non-hydrogen) atoms. The van der Waals surface area contributed by atoms with Gasteiger partial charge in [-0.3, -0.25) is 4.79 Å². The van der Waals surface area contributed by atoms with Crippen LogP contribution in [0.5, 0.6) is 0 Å². The number of nitrogens with zero attached hydrogens (tertiary/aromatic N) is 1. The van der Waals surface area contributed by atoms with E-state index in [0.29, 0.717) is 26.3 Å². The zero-order chi connectivity index (χ0) is 15.2. The number of hydrogen-bond acceptors (Lipinski definition) is 5. The number of benzene rings is 1. The highest BCUT2D eigenvalue weighted by molar-refractivity contribution is 5.82. The average molecular weight is 295 g/mol. The molecule has 0 bridgehead atoms. The summed E-state index contributed by atoms with van der Waals surface area (Å²) in [5.41, 5.74) is 1.68. The van der Waals surface area contributed by atoms with Gasteiger partial charge in [0, 0.05) is 25.9 Å². The van der Waals surface area contributed by atoms with E-state index in [2.05, 4.69) is 0 Å². The Kier molecular flexibility index (Phi) is 5.55. The smallest absolute Gasteiger partial charge is 0.312 e. The molecule has 1 aromatic rings. The van der Waals surface area contributed by atoms with Gasteiger partial charge in [-0.05, 0) is 11.6 Å². The third-order valence-electron chi connectivity index (χ3n) is 3.53. The minimum Gasteiger partial charge on any atom is -0.481 e. The van der Waals surface area contributed by atoms with E-state index in [-0.39, 0.29) is 6.61 Å². The van der Waals surface area contributed by atoms with Crippen molar-refractivity contribution >= 4 is 11.7 Å². The maximum Gasteiger partial charge on any atom is 0.312 e. The lowest BCUT2D eigenvalue weighted by Gasteiger charge is -2.23. The Morgan fingerprint density at radius 3 is 2.90 bits per heavy atom. The van der Waals surface area contributed by atoms with Crippen LogP contribution in [0.2, 0.25) is 0 Å². The van der Waals surface area contributed by atoms with Crippen molar-refractivity contribution in [1.29, 1.82) is 0 Å². The molecule has 2 atom stereocenters. The number of anilines is 1. The lowest BCUT2D eigenvalue weighted by atomic mass is 10.0. The first kappa shape index (κ1) is 15.8. The monoisotopic (exact) mass is 295 g/mol. The second kappa shape index (κ2) is 7.40. The van der Waals surface area contributed by atoms with E-state index in [1.807, 2.05) is 29.2 Å². The topological polar surface area (TPSA) is 79.2 Å². The van der Waals surface area contributed by atoms with E-state index < -0.39 is 18.0 Å². The standard InChI is InChI=1S/C15H21NO5/c1-20-6-7-21-10-11(17)8-16-9-13(15(18)19)12-4-2-3-5-14(12)16/h2-5,11,13,17H,6-10H2,1H3,(H,18,19). The lowest BCUT2D eigenvalue weighted by molar-refractivity contribution is -0.138. The van der Waals surface area contributed by atoms with Gasteiger partial charge >= 0.3 is 5.97 Å². The summed E-state index contributed by atoms with van der Waals surface area (Å²) in [5, 5.41) is 19.3. The molecule has 1 aromatic carbocycles. The lowest BCUT2D eigenvalue weighted by Crippen LogP contribution is -2.35. The molecule has 0 radical (unpaired) electrons. The van der Waals surface area contributed by atoms with Crippen LogP contribution in [0.1, 0.15) is 11.5 Å². The fraction of sp³-hybridized carbons (Fsp3) is 0.533. The van der Waals surface area contributed by atoms with Crippen molar-refractivity contribution in [3.05, 3.63) is 29.8 Å². The number of hydrogen-bond donors (Lipinski definition) is 2. The molecule has 0 saturated carbocycles. The van der Waals surface area contributed by atoms with Gasteiger partial charge in [0.1, 0.15) is 5.92 Å². The number of carbonyl (C=O) groups is 1. The number of aliphatic carboxylic acids is 1. The van der Waals surface area contributed by atoms with E-state index in [4.69, 9.17) is 9.47 Å². The van der Waals surface area contributed by atoms with Gasteiger partial charge in [0.15, 0.2) is 0 Å². The van der Waals surface area contributed by atoms with Crippen LogP contribution in [0.3, 0.4) is 0 Å². The predicted molar refractivity (Wildman–Crippen MR) is 77.7 cm³/mol. The first-order valence-corrected chi connectivity index (χ1v) is 6.95. The summed E-state index contributed by atoms with van der Waals surface area (Å²) in [4.78, 5) is 13.2. The number of ether oxygens (including phenoxy) is 2. The molecule has 0 aliphatic carbocycles. The number of carboxylic acids is 1. The van der Waals surface area contributed by atoms with E-state index in [9.17, 15) is 15.0 Å². The molecular weight excluding hydrogens is 274 g/mol. The van der Waals surface area contributed by atoms with Crippen LogP contribution in [0.4, 0.5) is 5.69 Å². The van der Waals surface area contributed by atoms with Gasteiger partial charge in [0.05, 0.1) is 25.9 Å². The van der Waals surface area contributed by atoms with Crippen LogP contribution < -0.4 is 4.90 Å². The van der Waals surface area contributed by atoms with Gasteiger partial charge in [-0.15, -0.1) is 0 Å². The van der Waals surface area contributed by atoms with E-state index in [0.717, 1.165) is 11.3 Å². The molecule has 6 nitrogen and oxygen atoms in total. The zero-order valence-electron chi connectivity index (χ0n) is 12.1. The van der Waals surface area contributed by atoms with Crippen molar-refractivity contribution in [2.75, 3.05) is 44.9 Å². The molecule has 0 fully saturated rings. The van der Waals surface area contributed by atoms with Gasteiger partial charge in [-0.25, -0.2) is 0 Å². The van der Waals surface area contributed by atoms with Gasteiger partial charge in [0.2, 0.25) is 0 Å². The highest BCUT2D eigenvalue weighted by atomic mass is 16.5. The molecule has 2 N–H and O–H groups in total. The third-order valence-corrected chi connectivity index (χ3v) is 3.53. The van der Waals surface area contributed by atoms with E-state index in [1.165, 1.54) is 0 Å². The number of fused-ring (bicyclic) bond motifs is 1. The Bertz CT molecular complexity index is 479. The molecule has 0 amide bonds. The van der Waals surface area contributed by atoms with Gasteiger partial charge in [-0.1, -0.05) is 18.2 Å². The fourth-order valence-corrected chi connectivity index (χ4v) is 2.54. The Hall–Kier alpha value is -1.63. The minimum absolute atomic E-state index is 0.208. The van der Waals surface area contributed by atoms with Crippen LogP contribution in [-0.4, -0.2) is 62.3 Å². The SMILES string of the molecule is COCCOCC(O)CN1CC(C(=O)O)c2ccccc21. The third kappa shape index (κ3) is 3.93. The highest BCUT2D eigenvalue weighted by Crippen LogP contribution is 2.36. The van der Waals surface area contributed by atoms with E-state index >= 15 is 0 Å². The minimum atomic E-state index is -0.837. The maximum atomic E-state index is 11.3. The van der Waals surface area contributed by atoms with Crippen molar-refractivity contribution < 1.29 is 24.5 Å². The van der Waals surface area contributed by atoms with Crippen molar-refractivity contribution in [2.45, 2.75) is 12.0 Å². The van der Waals surface area contributed by atoms with Crippen LogP contribution in [0.15, 0.2) is 24.3 Å². The van der Waals surface area contributed by atoms with Gasteiger partial charge in [0.25, 0.3) is 0 Å². The second-order valence-corrected chi connectivity index (χ2v) is 5.08. The Morgan fingerprint density at radius 1 is 1.43 bits per heavy atom. The summed E-state index contributed by atoms with van der Waals surface area (Å²) in [5.74, 6) is -1.38. The maximum absolute atomic E-state index is 11.3. The Labute approximate surface area is 123 Å². The van der Waals surface area contributed by atoms with Crippen molar-refractivity contribution in [2.24, 2.45) is 0 Å². The molecule has 6 heteroatoms. The van der Waals surface area contributed by atoms with Crippen molar-refractivity contribution in [3.63, 3.8) is 0 Å². The first-order valence-electron chi connectivity index (χ1n) is 6.95. The van der Waals surface area contributed by atoms with Crippen LogP contribution >= 0.6 is 0 Å². The molecule has 0 saturated heterocycles. The van der Waals surface area contributed by atoms with Crippen LogP contribution in [-0.2, 0) is 14.3 Å². The number of methoxy groups -OCH3 is 1. The van der Waals surface area contributed by atoms with Crippen molar-refractivity contribution in [3.8, 4) is 0 Å². The second-order valence-electron chi connectivity index (χ2n) is 5.08. The number of carboxylic acid groups (broad SMARTS) is 1. The predicted octanol–water partition coefficient (Wildman–Crippen LogP) is 0.699. The number of aliphatic hydroxyl groups is 1. The fourth-order valence-electron chi connectivity index (χ4n) is 2.54. The largest absolute Gasteiger partial charge is 0.481 e. The molecule has 2 unspecified atom stereocenters.